The van der Waals surface area contributed by atoms with Gasteiger partial charge in [0.05, 0.1) is 0 Å². The standard InChI is InChI=1S/C13H18ClN/c1-2-15-13(9-10-7-8-10)11-5-3-4-6-12(11)14/h3-6,10,13,15H,2,7-9H2,1H3. The molecule has 15 heavy (non-hydrogen) atoms. The number of hydrogen-bond acceptors (Lipinski definition) is 1. The van der Waals surface area contributed by atoms with E-state index < -0.39 is 0 Å². The average Bonchev–Trinajstić information content (AvgIpc) is 3.02. The predicted octanol–water partition coefficient (Wildman–Crippen LogP) is 3.79. The molecule has 1 aliphatic rings. The predicted molar refractivity (Wildman–Crippen MR) is 65.2 cm³/mol. The molecule has 1 aromatic rings. The average molecular weight is 224 g/mol. The van der Waals surface area contributed by atoms with Crippen molar-refractivity contribution in [1.29, 1.82) is 0 Å². The first kappa shape index (κ1) is 11.0. The lowest BCUT2D eigenvalue weighted by Gasteiger charge is -2.19. The Labute approximate surface area is 96.8 Å². The van der Waals surface area contributed by atoms with Crippen molar-refractivity contribution in [1.82, 2.24) is 5.32 Å². The molecule has 1 fully saturated rings. The van der Waals surface area contributed by atoms with Crippen LogP contribution in [0, 0.1) is 5.92 Å². The maximum Gasteiger partial charge on any atom is 0.0453 e. The number of benzene rings is 1. The third-order valence-electron chi connectivity index (χ3n) is 3.00. The highest BCUT2D eigenvalue weighted by molar-refractivity contribution is 6.31. The molecular formula is C13H18ClN. The SMILES string of the molecule is CCNC(CC1CC1)c1ccccc1Cl. The van der Waals surface area contributed by atoms with E-state index in [0.717, 1.165) is 17.5 Å². The van der Waals surface area contributed by atoms with E-state index >= 15 is 0 Å². The lowest BCUT2D eigenvalue weighted by molar-refractivity contribution is 0.487. The minimum Gasteiger partial charge on any atom is -0.310 e. The lowest BCUT2D eigenvalue weighted by Crippen LogP contribution is -2.21. The van der Waals surface area contributed by atoms with Crippen LogP contribution < -0.4 is 5.32 Å². The summed E-state index contributed by atoms with van der Waals surface area (Å²) in [5, 5.41) is 4.42. The first-order valence-corrected chi connectivity index (χ1v) is 6.17. The summed E-state index contributed by atoms with van der Waals surface area (Å²) in [4.78, 5) is 0. The summed E-state index contributed by atoms with van der Waals surface area (Å²) in [5.74, 6) is 0.922. The minimum atomic E-state index is 0.441. The van der Waals surface area contributed by atoms with Gasteiger partial charge in [-0.3, -0.25) is 0 Å². The van der Waals surface area contributed by atoms with Crippen molar-refractivity contribution in [3.8, 4) is 0 Å². The number of rotatable bonds is 5. The quantitative estimate of drug-likeness (QED) is 0.801. The van der Waals surface area contributed by atoms with Crippen molar-refractivity contribution >= 4 is 11.6 Å². The number of hydrogen-bond donors (Lipinski definition) is 1. The molecule has 0 aromatic heterocycles. The highest BCUT2D eigenvalue weighted by Crippen LogP contribution is 2.38. The second-order valence-corrected chi connectivity index (χ2v) is 4.72. The van der Waals surface area contributed by atoms with Gasteiger partial charge in [0.15, 0.2) is 0 Å². The zero-order valence-electron chi connectivity index (χ0n) is 9.17. The largest absolute Gasteiger partial charge is 0.310 e. The molecule has 2 rings (SSSR count). The Morgan fingerprint density at radius 1 is 1.40 bits per heavy atom. The van der Waals surface area contributed by atoms with Crippen molar-refractivity contribution in [3.05, 3.63) is 34.9 Å². The van der Waals surface area contributed by atoms with Gasteiger partial charge in [-0.25, -0.2) is 0 Å². The van der Waals surface area contributed by atoms with Gasteiger partial charge in [0.25, 0.3) is 0 Å². The fraction of sp³-hybridized carbons (Fsp3) is 0.538. The molecule has 1 unspecified atom stereocenters. The topological polar surface area (TPSA) is 12.0 Å². The maximum absolute atomic E-state index is 6.22. The van der Waals surface area contributed by atoms with Gasteiger partial charge in [-0.15, -0.1) is 0 Å². The van der Waals surface area contributed by atoms with Crippen molar-refractivity contribution in [2.45, 2.75) is 32.2 Å². The van der Waals surface area contributed by atoms with Crippen LogP contribution in [0.4, 0.5) is 0 Å². The smallest absolute Gasteiger partial charge is 0.0453 e. The molecule has 0 bridgehead atoms. The van der Waals surface area contributed by atoms with Gasteiger partial charge in [0.1, 0.15) is 0 Å². The summed E-state index contributed by atoms with van der Waals surface area (Å²) < 4.78 is 0. The molecule has 1 saturated carbocycles. The van der Waals surface area contributed by atoms with Gasteiger partial charge in [-0.05, 0) is 30.5 Å². The summed E-state index contributed by atoms with van der Waals surface area (Å²) in [6, 6.07) is 8.62. The van der Waals surface area contributed by atoms with Crippen LogP contribution in [0.5, 0.6) is 0 Å². The molecule has 1 aliphatic carbocycles. The van der Waals surface area contributed by atoms with Crippen molar-refractivity contribution < 1.29 is 0 Å². The van der Waals surface area contributed by atoms with Crippen molar-refractivity contribution in [2.24, 2.45) is 5.92 Å². The Bertz CT molecular complexity index is 320. The van der Waals surface area contributed by atoms with E-state index in [0.29, 0.717) is 6.04 Å². The second kappa shape index (κ2) is 5.00. The maximum atomic E-state index is 6.22. The third kappa shape index (κ3) is 2.96. The van der Waals surface area contributed by atoms with Crippen LogP contribution >= 0.6 is 11.6 Å². The molecule has 0 spiro atoms. The molecule has 0 heterocycles. The monoisotopic (exact) mass is 223 g/mol. The zero-order valence-corrected chi connectivity index (χ0v) is 9.93. The van der Waals surface area contributed by atoms with E-state index in [4.69, 9.17) is 11.6 Å². The fourth-order valence-electron chi connectivity index (χ4n) is 2.01. The molecule has 1 atom stereocenters. The van der Waals surface area contributed by atoms with Gasteiger partial charge in [0, 0.05) is 11.1 Å². The highest BCUT2D eigenvalue weighted by Gasteiger charge is 2.26. The minimum absolute atomic E-state index is 0.441. The highest BCUT2D eigenvalue weighted by atomic mass is 35.5. The summed E-state index contributed by atoms with van der Waals surface area (Å²) in [7, 11) is 0. The molecule has 1 N–H and O–H groups in total. The van der Waals surface area contributed by atoms with E-state index in [1.807, 2.05) is 12.1 Å². The molecule has 0 saturated heterocycles. The molecule has 0 amide bonds. The summed E-state index contributed by atoms with van der Waals surface area (Å²) in [6.45, 7) is 3.15. The lowest BCUT2D eigenvalue weighted by atomic mass is 10.0. The zero-order chi connectivity index (χ0) is 10.7. The Balaban J connectivity index is 2.11. The van der Waals surface area contributed by atoms with E-state index in [2.05, 4.69) is 24.4 Å². The van der Waals surface area contributed by atoms with Crippen LogP contribution in [0.3, 0.4) is 0 Å². The molecule has 0 radical (unpaired) electrons. The molecule has 2 heteroatoms. The van der Waals surface area contributed by atoms with Gasteiger partial charge >= 0.3 is 0 Å². The number of nitrogens with one attached hydrogen (secondary N) is 1. The Kier molecular flexibility index (Phi) is 3.66. The first-order chi connectivity index (χ1) is 7.31. The molecule has 1 nitrogen and oxygen atoms in total. The third-order valence-corrected chi connectivity index (χ3v) is 3.34. The van der Waals surface area contributed by atoms with Gasteiger partial charge in [-0.2, -0.15) is 0 Å². The van der Waals surface area contributed by atoms with E-state index in [-0.39, 0.29) is 0 Å². The van der Waals surface area contributed by atoms with Crippen molar-refractivity contribution in [2.75, 3.05) is 6.54 Å². The Morgan fingerprint density at radius 2 is 2.13 bits per heavy atom. The fourth-order valence-corrected chi connectivity index (χ4v) is 2.28. The summed E-state index contributed by atoms with van der Waals surface area (Å²) in [6.07, 6.45) is 4.02. The summed E-state index contributed by atoms with van der Waals surface area (Å²) >= 11 is 6.22. The van der Waals surface area contributed by atoms with E-state index in [1.165, 1.54) is 24.8 Å². The summed E-state index contributed by atoms with van der Waals surface area (Å²) in [5.41, 5.74) is 1.26. The van der Waals surface area contributed by atoms with Gasteiger partial charge in [0.2, 0.25) is 0 Å². The van der Waals surface area contributed by atoms with E-state index in [9.17, 15) is 0 Å². The second-order valence-electron chi connectivity index (χ2n) is 4.31. The van der Waals surface area contributed by atoms with Crippen LogP contribution in [0.15, 0.2) is 24.3 Å². The first-order valence-electron chi connectivity index (χ1n) is 5.79. The molecular weight excluding hydrogens is 206 g/mol. The van der Waals surface area contributed by atoms with Crippen LogP contribution in [-0.4, -0.2) is 6.54 Å². The van der Waals surface area contributed by atoms with Crippen LogP contribution in [0.1, 0.15) is 37.8 Å². The van der Waals surface area contributed by atoms with Gasteiger partial charge in [-0.1, -0.05) is 49.6 Å². The Hall–Kier alpha value is -0.530. The molecule has 82 valence electrons. The van der Waals surface area contributed by atoms with Crippen LogP contribution in [-0.2, 0) is 0 Å². The molecule has 1 aromatic carbocycles. The van der Waals surface area contributed by atoms with Gasteiger partial charge < -0.3 is 5.32 Å². The van der Waals surface area contributed by atoms with Crippen LogP contribution in [0.2, 0.25) is 5.02 Å². The van der Waals surface area contributed by atoms with E-state index in [1.54, 1.807) is 0 Å². The number of halogens is 1. The molecule has 0 aliphatic heterocycles. The normalized spacial score (nSPS) is 17.7. The van der Waals surface area contributed by atoms with Crippen molar-refractivity contribution in [3.63, 3.8) is 0 Å². The Morgan fingerprint density at radius 3 is 2.73 bits per heavy atom. The van der Waals surface area contributed by atoms with Crippen LogP contribution in [0.25, 0.3) is 0 Å².